The second kappa shape index (κ2) is 11.8. The summed E-state index contributed by atoms with van der Waals surface area (Å²) in [5.41, 5.74) is 2.62. The van der Waals surface area contributed by atoms with Crippen molar-refractivity contribution in [1.82, 2.24) is 30.5 Å². The topological polar surface area (TPSA) is 124 Å². The van der Waals surface area contributed by atoms with E-state index in [-0.39, 0.29) is 5.91 Å². The predicted octanol–water partition coefficient (Wildman–Crippen LogP) is 1.79. The van der Waals surface area contributed by atoms with Crippen molar-refractivity contribution in [2.75, 3.05) is 6.54 Å². The summed E-state index contributed by atoms with van der Waals surface area (Å²) in [6.45, 7) is 2.65. The zero-order valence-electron chi connectivity index (χ0n) is 18.2. The van der Waals surface area contributed by atoms with Crippen molar-refractivity contribution in [3.8, 4) is 0 Å². The highest BCUT2D eigenvalue weighted by atomic mass is 16.4. The lowest BCUT2D eigenvalue weighted by Gasteiger charge is -2.15. The number of amides is 1. The molecule has 0 fully saturated rings. The molecule has 2 aromatic heterocycles. The number of carbonyl (C=O) groups is 2. The van der Waals surface area contributed by atoms with Gasteiger partial charge in [-0.1, -0.05) is 12.1 Å². The minimum atomic E-state index is -1.03. The second-order valence-electron chi connectivity index (χ2n) is 7.63. The summed E-state index contributed by atoms with van der Waals surface area (Å²) in [7, 11) is 1.98. The van der Waals surface area contributed by atoms with Crippen LogP contribution in [-0.4, -0.2) is 44.1 Å². The molecule has 2 heterocycles. The number of benzene rings is 1. The number of H-pyrrole nitrogens is 1. The number of nitrogens with one attached hydrogen (secondary N) is 4. The average Bonchev–Trinajstić information content (AvgIpc) is 3.45. The van der Waals surface area contributed by atoms with E-state index in [1.807, 2.05) is 42.1 Å². The van der Waals surface area contributed by atoms with Crippen LogP contribution in [0.2, 0.25) is 0 Å². The van der Waals surface area contributed by atoms with Crippen LogP contribution < -0.4 is 16.0 Å². The Labute approximate surface area is 187 Å². The molecular weight excluding hydrogens is 408 g/mol. The lowest BCUT2D eigenvalue weighted by molar-refractivity contribution is -0.139. The Morgan fingerprint density at radius 1 is 1.12 bits per heavy atom. The molecule has 0 spiro atoms. The Bertz CT molecular complexity index is 982. The number of aliphatic carboxylic acids is 1. The highest BCUT2D eigenvalue weighted by molar-refractivity contribution is 5.96. The molecule has 5 N–H and O–H groups in total. The number of rotatable bonds is 13. The van der Waals surface area contributed by atoms with Crippen molar-refractivity contribution in [2.24, 2.45) is 7.05 Å². The Hall–Kier alpha value is -3.43. The minimum absolute atomic E-state index is 0.357. The zero-order valence-corrected chi connectivity index (χ0v) is 18.2. The van der Waals surface area contributed by atoms with Crippen LogP contribution in [-0.2, 0) is 31.5 Å². The molecule has 1 amide bonds. The molecular formula is C23H30N6O3. The number of hydrogen-bond acceptors (Lipinski definition) is 5. The van der Waals surface area contributed by atoms with Crippen molar-refractivity contribution in [3.05, 3.63) is 77.6 Å². The Balaban J connectivity index is 1.40. The number of hydrogen-bond donors (Lipinski definition) is 5. The third kappa shape index (κ3) is 7.07. The highest BCUT2D eigenvalue weighted by Crippen LogP contribution is 2.07. The van der Waals surface area contributed by atoms with Crippen molar-refractivity contribution in [1.29, 1.82) is 0 Å². The molecule has 0 saturated carbocycles. The third-order valence-corrected chi connectivity index (χ3v) is 5.20. The molecule has 0 aliphatic carbocycles. The van der Waals surface area contributed by atoms with Crippen LogP contribution in [0.5, 0.6) is 0 Å². The first-order valence-electron chi connectivity index (χ1n) is 10.7. The summed E-state index contributed by atoms with van der Waals surface area (Å²) < 4.78 is 2.04. The summed E-state index contributed by atoms with van der Waals surface area (Å²) in [6, 6.07) is 10.2. The van der Waals surface area contributed by atoms with Gasteiger partial charge in [-0.15, -0.1) is 0 Å². The van der Waals surface area contributed by atoms with Crippen LogP contribution >= 0.6 is 0 Å². The van der Waals surface area contributed by atoms with Gasteiger partial charge in [0.25, 0.3) is 5.91 Å². The lowest BCUT2D eigenvalue weighted by atomic mass is 10.1. The maximum absolute atomic E-state index is 12.5. The summed E-state index contributed by atoms with van der Waals surface area (Å²) >= 11 is 0. The molecule has 170 valence electrons. The second-order valence-corrected chi connectivity index (χ2v) is 7.63. The van der Waals surface area contributed by atoms with Crippen LogP contribution in [0.3, 0.4) is 0 Å². The molecule has 3 aromatic rings. The van der Waals surface area contributed by atoms with Gasteiger partial charge in [-0.3, -0.25) is 4.79 Å². The molecule has 0 aliphatic rings. The van der Waals surface area contributed by atoms with Gasteiger partial charge in [-0.25, -0.2) is 9.78 Å². The van der Waals surface area contributed by atoms with E-state index in [4.69, 9.17) is 0 Å². The number of aromatic nitrogens is 3. The minimum Gasteiger partial charge on any atom is -0.480 e. The predicted molar refractivity (Wildman–Crippen MR) is 121 cm³/mol. The number of imidazole rings is 1. The van der Waals surface area contributed by atoms with Crippen LogP contribution in [0.25, 0.3) is 0 Å². The van der Waals surface area contributed by atoms with Gasteiger partial charge in [0, 0.05) is 50.0 Å². The molecule has 1 atom stereocenters. The lowest BCUT2D eigenvalue weighted by Crippen LogP contribution is -2.41. The van der Waals surface area contributed by atoms with Gasteiger partial charge in [0.05, 0.1) is 6.54 Å². The van der Waals surface area contributed by atoms with Crippen molar-refractivity contribution in [2.45, 2.75) is 38.5 Å². The molecule has 0 aliphatic heterocycles. The molecule has 32 heavy (non-hydrogen) atoms. The van der Waals surface area contributed by atoms with E-state index in [9.17, 15) is 14.7 Å². The number of nitrogens with zero attached hydrogens (tertiary/aromatic N) is 2. The van der Waals surface area contributed by atoms with Gasteiger partial charge in [-0.2, -0.15) is 0 Å². The van der Waals surface area contributed by atoms with Gasteiger partial charge in [0.15, 0.2) is 0 Å². The van der Waals surface area contributed by atoms with Crippen LogP contribution in [0, 0.1) is 0 Å². The number of aryl methyl sites for hydroxylation is 1. The molecule has 3 rings (SSSR count). The number of carbonyl (C=O) groups excluding carboxylic acids is 1. The smallest absolute Gasteiger partial charge is 0.326 e. The highest BCUT2D eigenvalue weighted by Gasteiger charge is 2.20. The zero-order chi connectivity index (χ0) is 22.8. The Morgan fingerprint density at radius 3 is 2.59 bits per heavy atom. The number of aromatic amines is 1. The maximum atomic E-state index is 12.5. The molecule has 9 heteroatoms. The van der Waals surface area contributed by atoms with E-state index in [1.54, 1.807) is 24.5 Å². The van der Waals surface area contributed by atoms with Gasteiger partial charge in [-0.05, 0) is 49.2 Å². The molecule has 0 radical (unpaired) electrons. The van der Waals surface area contributed by atoms with E-state index in [2.05, 4.69) is 25.9 Å². The molecule has 0 bridgehead atoms. The average molecular weight is 439 g/mol. The van der Waals surface area contributed by atoms with Crippen LogP contribution in [0.1, 0.15) is 40.3 Å². The standard InChI is InChI=1S/C23H30N6O3/c1-29-13-3-4-19(29)15-24-10-2-5-20(23(31)32)28-22(30)18-8-6-17(7-9-18)14-25-16-21-26-11-12-27-21/h3-4,6-9,11-13,20,24-25H,2,5,10,14-16H2,1H3,(H,26,27)(H,28,30)(H,31,32)/t20-/m0/s1. The molecule has 0 saturated heterocycles. The summed E-state index contributed by atoms with van der Waals surface area (Å²) in [4.78, 5) is 31.3. The summed E-state index contributed by atoms with van der Waals surface area (Å²) in [6.07, 6.45) is 6.46. The van der Waals surface area contributed by atoms with E-state index in [0.29, 0.717) is 38.0 Å². The first-order valence-corrected chi connectivity index (χ1v) is 10.7. The molecule has 0 unspecified atom stereocenters. The summed E-state index contributed by atoms with van der Waals surface area (Å²) in [5.74, 6) is -0.556. The van der Waals surface area contributed by atoms with E-state index < -0.39 is 12.0 Å². The fourth-order valence-corrected chi connectivity index (χ4v) is 3.32. The van der Waals surface area contributed by atoms with Crippen LogP contribution in [0.4, 0.5) is 0 Å². The maximum Gasteiger partial charge on any atom is 0.326 e. The van der Waals surface area contributed by atoms with Gasteiger partial charge >= 0.3 is 5.97 Å². The van der Waals surface area contributed by atoms with Gasteiger partial charge in [0.1, 0.15) is 11.9 Å². The van der Waals surface area contributed by atoms with Gasteiger partial charge in [0.2, 0.25) is 0 Å². The van der Waals surface area contributed by atoms with E-state index in [1.165, 1.54) is 0 Å². The molecule has 1 aromatic carbocycles. The molecule has 9 nitrogen and oxygen atoms in total. The largest absolute Gasteiger partial charge is 0.480 e. The quantitative estimate of drug-likeness (QED) is 0.259. The number of carboxylic acid groups (broad SMARTS) is 1. The first-order chi connectivity index (χ1) is 15.5. The fourth-order valence-electron chi connectivity index (χ4n) is 3.32. The Morgan fingerprint density at radius 2 is 1.94 bits per heavy atom. The van der Waals surface area contributed by atoms with Crippen LogP contribution in [0.15, 0.2) is 55.0 Å². The monoisotopic (exact) mass is 438 g/mol. The van der Waals surface area contributed by atoms with E-state index >= 15 is 0 Å². The normalized spacial score (nSPS) is 11.9. The van der Waals surface area contributed by atoms with Crippen molar-refractivity contribution >= 4 is 11.9 Å². The SMILES string of the molecule is Cn1cccc1CNCCC[C@H](NC(=O)c1ccc(CNCc2ncc[nH]2)cc1)C(=O)O. The van der Waals surface area contributed by atoms with Crippen molar-refractivity contribution < 1.29 is 14.7 Å². The van der Waals surface area contributed by atoms with Crippen molar-refractivity contribution in [3.63, 3.8) is 0 Å². The van der Waals surface area contributed by atoms with E-state index in [0.717, 1.165) is 23.6 Å². The summed E-state index contributed by atoms with van der Waals surface area (Å²) in [5, 5.41) is 18.7. The first kappa shape index (κ1) is 23.2. The number of carboxylic acids is 1. The third-order valence-electron chi connectivity index (χ3n) is 5.20. The van der Waals surface area contributed by atoms with Gasteiger partial charge < -0.3 is 30.6 Å². The Kier molecular flexibility index (Phi) is 8.59. The fraction of sp³-hybridized carbons (Fsp3) is 0.348.